The highest BCUT2D eigenvalue weighted by atomic mass is 16.6. The lowest BCUT2D eigenvalue weighted by atomic mass is 10.1. The van der Waals surface area contributed by atoms with Crippen LogP contribution in [0.15, 0.2) is 18.2 Å². The number of carbonyl (C=O) groups excluding carboxylic acids is 1. The van der Waals surface area contributed by atoms with E-state index in [1.165, 1.54) is 5.56 Å². The summed E-state index contributed by atoms with van der Waals surface area (Å²) >= 11 is 0. The first-order chi connectivity index (χ1) is 8.11. The molecule has 1 unspecified atom stereocenters. The second kappa shape index (κ2) is 4.75. The van der Waals surface area contributed by atoms with E-state index in [1.807, 2.05) is 26.0 Å². The molecule has 0 bridgehead atoms. The number of nitrogens with two attached hydrogens (primary N) is 1. The summed E-state index contributed by atoms with van der Waals surface area (Å²) in [5.41, 5.74) is 8.71. The van der Waals surface area contributed by atoms with Crippen molar-refractivity contribution in [3.8, 4) is 0 Å². The van der Waals surface area contributed by atoms with Gasteiger partial charge in [0, 0.05) is 25.2 Å². The second-order valence-electron chi connectivity index (χ2n) is 4.47. The first-order valence-electron chi connectivity index (χ1n) is 5.87. The number of carbonyl (C=O) groups is 1. The van der Waals surface area contributed by atoms with Gasteiger partial charge in [-0.1, -0.05) is 17.7 Å². The van der Waals surface area contributed by atoms with Crippen molar-refractivity contribution in [2.24, 2.45) is 5.73 Å². The third-order valence-corrected chi connectivity index (χ3v) is 3.07. The van der Waals surface area contributed by atoms with Gasteiger partial charge in [0.25, 0.3) is 0 Å². The molecule has 0 aliphatic carbocycles. The molecule has 1 aromatic carbocycles. The van der Waals surface area contributed by atoms with Gasteiger partial charge in [0.15, 0.2) is 0 Å². The van der Waals surface area contributed by atoms with Crippen molar-refractivity contribution in [2.75, 3.05) is 18.0 Å². The number of hydrogen-bond donors (Lipinski definition) is 1. The number of amides is 1. The number of nitrogens with zero attached hydrogens (tertiary/aromatic N) is 1. The van der Waals surface area contributed by atoms with E-state index in [4.69, 9.17) is 10.5 Å². The van der Waals surface area contributed by atoms with E-state index in [-0.39, 0.29) is 12.2 Å². The minimum absolute atomic E-state index is 0.135. The van der Waals surface area contributed by atoms with Crippen LogP contribution in [-0.4, -0.2) is 25.3 Å². The Kier molecular flexibility index (Phi) is 3.33. The molecular weight excluding hydrogens is 216 g/mol. The molecule has 0 saturated carbocycles. The zero-order valence-electron chi connectivity index (χ0n) is 10.3. The summed E-state index contributed by atoms with van der Waals surface area (Å²) in [7, 11) is 0. The number of rotatable bonds is 2. The standard InChI is InChI=1S/C13H18N2O2/c1-9-3-4-12(10(2)7-9)15-6-5-11(8-14)17-13(15)16/h3-4,7,11H,5-6,8,14H2,1-2H3. The lowest BCUT2D eigenvalue weighted by molar-refractivity contribution is 0.0887. The van der Waals surface area contributed by atoms with Crippen LogP contribution in [0.25, 0.3) is 0 Å². The number of benzene rings is 1. The van der Waals surface area contributed by atoms with E-state index in [0.717, 1.165) is 17.7 Å². The predicted molar refractivity (Wildman–Crippen MR) is 67.2 cm³/mol. The molecule has 1 amide bonds. The van der Waals surface area contributed by atoms with Crippen molar-refractivity contribution in [3.63, 3.8) is 0 Å². The van der Waals surface area contributed by atoms with Gasteiger partial charge in [0.2, 0.25) is 0 Å². The minimum atomic E-state index is -0.293. The first-order valence-corrected chi connectivity index (χ1v) is 5.87. The van der Waals surface area contributed by atoms with Gasteiger partial charge in [-0.3, -0.25) is 4.90 Å². The largest absolute Gasteiger partial charge is 0.444 e. The summed E-state index contributed by atoms with van der Waals surface area (Å²) in [4.78, 5) is 13.5. The zero-order valence-corrected chi connectivity index (χ0v) is 10.3. The molecule has 1 aliphatic rings. The average molecular weight is 234 g/mol. The summed E-state index contributed by atoms with van der Waals surface area (Å²) < 4.78 is 5.25. The van der Waals surface area contributed by atoms with Crippen LogP contribution in [0.1, 0.15) is 17.5 Å². The molecule has 1 heterocycles. The topological polar surface area (TPSA) is 55.6 Å². The van der Waals surface area contributed by atoms with Gasteiger partial charge in [-0.2, -0.15) is 0 Å². The Balaban J connectivity index is 2.20. The highest BCUT2D eigenvalue weighted by Gasteiger charge is 2.27. The van der Waals surface area contributed by atoms with Crippen molar-refractivity contribution in [1.29, 1.82) is 0 Å². The quantitative estimate of drug-likeness (QED) is 0.851. The number of anilines is 1. The Morgan fingerprint density at radius 1 is 1.47 bits per heavy atom. The van der Waals surface area contributed by atoms with Crippen molar-refractivity contribution >= 4 is 11.8 Å². The number of hydrogen-bond acceptors (Lipinski definition) is 3. The normalized spacial score (nSPS) is 20.3. The predicted octanol–water partition coefficient (Wildman–Crippen LogP) is 1.98. The molecule has 1 atom stereocenters. The first kappa shape index (κ1) is 11.9. The van der Waals surface area contributed by atoms with Crippen molar-refractivity contribution < 1.29 is 9.53 Å². The molecule has 0 spiro atoms. The maximum Gasteiger partial charge on any atom is 0.414 e. The van der Waals surface area contributed by atoms with E-state index < -0.39 is 0 Å². The molecule has 2 N–H and O–H groups in total. The smallest absolute Gasteiger partial charge is 0.414 e. The molecular formula is C13H18N2O2. The fourth-order valence-corrected chi connectivity index (χ4v) is 2.12. The average Bonchev–Trinajstić information content (AvgIpc) is 2.30. The lowest BCUT2D eigenvalue weighted by Gasteiger charge is -2.32. The Bertz CT molecular complexity index is 431. The highest BCUT2D eigenvalue weighted by Crippen LogP contribution is 2.25. The van der Waals surface area contributed by atoms with Crippen LogP contribution in [0.3, 0.4) is 0 Å². The fourth-order valence-electron chi connectivity index (χ4n) is 2.12. The van der Waals surface area contributed by atoms with Crippen LogP contribution in [-0.2, 0) is 4.74 Å². The van der Waals surface area contributed by atoms with Crippen LogP contribution in [0, 0.1) is 13.8 Å². The van der Waals surface area contributed by atoms with Gasteiger partial charge >= 0.3 is 6.09 Å². The Morgan fingerprint density at radius 2 is 2.24 bits per heavy atom. The molecule has 17 heavy (non-hydrogen) atoms. The summed E-state index contributed by atoms with van der Waals surface area (Å²) in [5.74, 6) is 0. The van der Waals surface area contributed by atoms with E-state index in [0.29, 0.717) is 13.1 Å². The maximum absolute atomic E-state index is 11.8. The number of cyclic esters (lactones) is 1. The molecule has 0 radical (unpaired) electrons. The maximum atomic E-state index is 11.8. The van der Waals surface area contributed by atoms with Gasteiger partial charge < -0.3 is 10.5 Å². The molecule has 92 valence electrons. The third kappa shape index (κ3) is 2.42. The Labute approximate surface area is 101 Å². The molecule has 4 heteroatoms. The van der Waals surface area contributed by atoms with Gasteiger partial charge in [-0.25, -0.2) is 4.79 Å². The van der Waals surface area contributed by atoms with Crippen molar-refractivity contribution in [3.05, 3.63) is 29.3 Å². The monoisotopic (exact) mass is 234 g/mol. The SMILES string of the molecule is Cc1ccc(N2CCC(CN)OC2=O)c(C)c1. The fraction of sp³-hybridized carbons (Fsp3) is 0.462. The minimum Gasteiger partial charge on any atom is -0.444 e. The zero-order chi connectivity index (χ0) is 12.4. The van der Waals surface area contributed by atoms with Crippen LogP contribution in [0.5, 0.6) is 0 Å². The van der Waals surface area contributed by atoms with E-state index >= 15 is 0 Å². The van der Waals surface area contributed by atoms with Gasteiger partial charge in [0.05, 0.1) is 0 Å². The molecule has 0 aromatic heterocycles. The second-order valence-corrected chi connectivity index (χ2v) is 4.47. The summed E-state index contributed by atoms with van der Waals surface area (Å²) in [6.07, 6.45) is 0.360. The van der Waals surface area contributed by atoms with Crippen LogP contribution in [0.2, 0.25) is 0 Å². The van der Waals surface area contributed by atoms with Crippen molar-refractivity contribution in [2.45, 2.75) is 26.4 Å². The summed E-state index contributed by atoms with van der Waals surface area (Å²) in [6.45, 7) is 5.11. The van der Waals surface area contributed by atoms with Crippen LogP contribution in [0.4, 0.5) is 10.5 Å². The molecule has 1 saturated heterocycles. The highest BCUT2D eigenvalue weighted by molar-refractivity contribution is 5.89. The number of aryl methyl sites for hydroxylation is 2. The number of ether oxygens (including phenoxy) is 1. The molecule has 2 rings (SSSR count). The van der Waals surface area contributed by atoms with E-state index in [9.17, 15) is 4.79 Å². The molecule has 1 aliphatic heterocycles. The van der Waals surface area contributed by atoms with Gasteiger partial charge in [0.1, 0.15) is 6.10 Å². The van der Waals surface area contributed by atoms with E-state index in [1.54, 1.807) is 4.90 Å². The van der Waals surface area contributed by atoms with Gasteiger partial charge in [-0.05, 0) is 25.5 Å². The molecule has 1 fully saturated rings. The lowest BCUT2D eigenvalue weighted by Crippen LogP contribution is -2.44. The van der Waals surface area contributed by atoms with Crippen LogP contribution >= 0.6 is 0 Å². The Morgan fingerprint density at radius 3 is 2.82 bits per heavy atom. The van der Waals surface area contributed by atoms with Crippen LogP contribution < -0.4 is 10.6 Å². The molecule has 4 nitrogen and oxygen atoms in total. The summed E-state index contributed by atoms with van der Waals surface area (Å²) in [6, 6.07) is 6.04. The third-order valence-electron chi connectivity index (χ3n) is 3.07. The van der Waals surface area contributed by atoms with E-state index in [2.05, 4.69) is 6.07 Å². The van der Waals surface area contributed by atoms with Gasteiger partial charge in [-0.15, -0.1) is 0 Å². The molecule has 1 aromatic rings. The Hall–Kier alpha value is -1.55. The summed E-state index contributed by atoms with van der Waals surface area (Å²) in [5, 5.41) is 0. The van der Waals surface area contributed by atoms with Crippen molar-refractivity contribution in [1.82, 2.24) is 0 Å².